The first-order chi connectivity index (χ1) is 13.5. The van der Waals surface area contributed by atoms with E-state index in [1.165, 1.54) is 31.4 Å². The topological polar surface area (TPSA) is 84.7 Å². The van der Waals surface area contributed by atoms with Gasteiger partial charge in [0.25, 0.3) is 11.6 Å². The number of nitro groups is 1. The highest BCUT2D eigenvalue weighted by Gasteiger charge is 2.22. The summed E-state index contributed by atoms with van der Waals surface area (Å²) in [5, 5.41) is 13.8. The molecule has 0 atom stereocenters. The number of carbonyl (C=O) groups is 1. The van der Waals surface area contributed by atoms with E-state index in [2.05, 4.69) is 10.2 Å². The van der Waals surface area contributed by atoms with Crippen LogP contribution in [0.5, 0.6) is 5.75 Å². The van der Waals surface area contributed by atoms with Crippen LogP contribution >= 0.6 is 0 Å². The quantitative estimate of drug-likeness (QED) is 0.608. The van der Waals surface area contributed by atoms with Crippen LogP contribution < -0.4 is 10.1 Å². The Balaban J connectivity index is 1.51. The van der Waals surface area contributed by atoms with Crippen LogP contribution in [0.25, 0.3) is 0 Å². The standard InChI is InChI=1S/C20H22FN3O4/c1-28-19-6-5-14(11-18(19)21)13-23-9-7-16(8-10-23)22-20(25)15-3-2-4-17(12-15)24(26)27/h2-6,11-12,16H,7-10,13H2,1H3,(H,22,25). The zero-order valence-corrected chi connectivity index (χ0v) is 15.6. The fraction of sp³-hybridized carbons (Fsp3) is 0.350. The molecular weight excluding hydrogens is 365 g/mol. The molecule has 0 aliphatic carbocycles. The van der Waals surface area contributed by atoms with E-state index in [0.29, 0.717) is 6.54 Å². The molecule has 1 aliphatic heterocycles. The first-order valence-electron chi connectivity index (χ1n) is 9.06. The minimum Gasteiger partial charge on any atom is -0.494 e. The number of ether oxygens (including phenoxy) is 1. The fourth-order valence-corrected chi connectivity index (χ4v) is 3.33. The number of benzene rings is 2. The van der Waals surface area contributed by atoms with Gasteiger partial charge >= 0.3 is 0 Å². The lowest BCUT2D eigenvalue weighted by molar-refractivity contribution is -0.384. The number of nitro benzene ring substituents is 1. The summed E-state index contributed by atoms with van der Waals surface area (Å²) in [5.41, 5.74) is 1.05. The van der Waals surface area contributed by atoms with Crippen LogP contribution in [-0.2, 0) is 6.54 Å². The summed E-state index contributed by atoms with van der Waals surface area (Å²) in [6, 6.07) is 10.7. The second-order valence-corrected chi connectivity index (χ2v) is 6.80. The van der Waals surface area contributed by atoms with Crippen LogP contribution in [0.2, 0.25) is 0 Å². The average Bonchev–Trinajstić information content (AvgIpc) is 2.69. The summed E-state index contributed by atoms with van der Waals surface area (Å²) in [5.74, 6) is -0.454. The zero-order valence-electron chi connectivity index (χ0n) is 15.6. The molecule has 28 heavy (non-hydrogen) atoms. The van der Waals surface area contributed by atoms with Crippen molar-refractivity contribution in [1.29, 1.82) is 0 Å². The number of hydrogen-bond acceptors (Lipinski definition) is 5. The second-order valence-electron chi connectivity index (χ2n) is 6.80. The lowest BCUT2D eigenvalue weighted by atomic mass is 10.0. The van der Waals surface area contributed by atoms with Crippen LogP contribution in [-0.4, -0.2) is 42.0 Å². The molecule has 0 aromatic heterocycles. The molecule has 2 aromatic rings. The molecule has 8 heteroatoms. The fourth-order valence-electron chi connectivity index (χ4n) is 3.33. The van der Waals surface area contributed by atoms with E-state index < -0.39 is 4.92 Å². The normalized spacial score (nSPS) is 15.2. The van der Waals surface area contributed by atoms with Gasteiger partial charge in [-0.2, -0.15) is 0 Å². The molecule has 3 rings (SSSR count). The largest absolute Gasteiger partial charge is 0.494 e. The molecule has 1 aliphatic rings. The number of carbonyl (C=O) groups excluding carboxylic acids is 1. The molecule has 1 saturated heterocycles. The number of hydrogen-bond donors (Lipinski definition) is 1. The maximum atomic E-state index is 13.8. The molecule has 1 heterocycles. The molecule has 0 radical (unpaired) electrons. The second kappa shape index (κ2) is 8.79. The van der Waals surface area contributed by atoms with E-state index in [0.717, 1.165) is 31.5 Å². The van der Waals surface area contributed by atoms with Gasteiger partial charge in [0.2, 0.25) is 0 Å². The maximum Gasteiger partial charge on any atom is 0.270 e. The predicted octanol–water partition coefficient (Wildman–Crippen LogP) is 3.14. The number of methoxy groups -OCH3 is 1. The Morgan fingerprint density at radius 1 is 1.29 bits per heavy atom. The summed E-state index contributed by atoms with van der Waals surface area (Å²) < 4.78 is 18.7. The van der Waals surface area contributed by atoms with E-state index in [1.807, 2.05) is 6.07 Å². The van der Waals surface area contributed by atoms with Crippen LogP contribution in [0, 0.1) is 15.9 Å². The smallest absolute Gasteiger partial charge is 0.270 e. The van der Waals surface area contributed by atoms with Gasteiger partial charge in [-0.1, -0.05) is 12.1 Å². The van der Waals surface area contributed by atoms with E-state index in [1.54, 1.807) is 12.1 Å². The third kappa shape index (κ3) is 4.83. The third-order valence-corrected chi connectivity index (χ3v) is 4.86. The number of nitrogens with zero attached hydrogens (tertiary/aromatic N) is 2. The Bertz CT molecular complexity index is 866. The van der Waals surface area contributed by atoms with E-state index in [4.69, 9.17) is 4.74 Å². The SMILES string of the molecule is COc1ccc(CN2CCC(NC(=O)c3cccc([N+](=O)[O-])c3)CC2)cc1F. The summed E-state index contributed by atoms with van der Waals surface area (Å²) in [6.45, 7) is 2.17. The van der Waals surface area contributed by atoms with Crippen molar-refractivity contribution in [2.75, 3.05) is 20.2 Å². The summed E-state index contributed by atoms with van der Waals surface area (Å²) in [6.07, 6.45) is 1.53. The van der Waals surface area contributed by atoms with Crippen molar-refractivity contribution < 1.29 is 18.8 Å². The van der Waals surface area contributed by atoms with Crippen molar-refractivity contribution in [3.8, 4) is 5.75 Å². The first kappa shape index (κ1) is 19.8. The highest BCUT2D eigenvalue weighted by atomic mass is 19.1. The molecule has 148 valence electrons. The Labute approximate surface area is 162 Å². The van der Waals surface area contributed by atoms with Crippen LogP contribution in [0.3, 0.4) is 0 Å². The molecule has 1 fully saturated rings. The molecule has 0 spiro atoms. The highest BCUT2D eigenvalue weighted by Crippen LogP contribution is 2.20. The van der Waals surface area contributed by atoms with Gasteiger partial charge in [-0.05, 0) is 36.6 Å². The van der Waals surface area contributed by atoms with Crippen molar-refractivity contribution in [1.82, 2.24) is 10.2 Å². The minimum absolute atomic E-state index is 0.00983. The molecule has 0 unspecified atom stereocenters. The first-order valence-corrected chi connectivity index (χ1v) is 9.06. The summed E-state index contributed by atoms with van der Waals surface area (Å²) >= 11 is 0. The lowest BCUT2D eigenvalue weighted by Gasteiger charge is -2.32. The minimum atomic E-state index is -0.517. The Morgan fingerprint density at radius 2 is 2.04 bits per heavy atom. The number of non-ortho nitro benzene ring substituents is 1. The molecule has 0 bridgehead atoms. The lowest BCUT2D eigenvalue weighted by Crippen LogP contribution is -2.44. The van der Waals surface area contributed by atoms with Gasteiger partial charge in [-0.25, -0.2) is 4.39 Å². The number of halogens is 1. The predicted molar refractivity (Wildman–Crippen MR) is 102 cm³/mol. The number of nitrogens with one attached hydrogen (secondary N) is 1. The van der Waals surface area contributed by atoms with Gasteiger partial charge in [0.1, 0.15) is 0 Å². The van der Waals surface area contributed by atoms with Gasteiger partial charge < -0.3 is 10.1 Å². The van der Waals surface area contributed by atoms with Crippen LogP contribution in [0.1, 0.15) is 28.8 Å². The average molecular weight is 387 g/mol. The molecule has 1 N–H and O–H groups in total. The van der Waals surface area contributed by atoms with Gasteiger partial charge in [-0.3, -0.25) is 19.8 Å². The van der Waals surface area contributed by atoms with Gasteiger partial charge in [0.15, 0.2) is 11.6 Å². The number of amides is 1. The molecular formula is C20H22FN3O4. The van der Waals surface area contributed by atoms with E-state index in [9.17, 15) is 19.3 Å². The maximum absolute atomic E-state index is 13.8. The molecule has 7 nitrogen and oxygen atoms in total. The van der Waals surface area contributed by atoms with Crippen molar-refractivity contribution in [3.63, 3.8) is 0 Å². The zero-order chi connectivity index (χ0) is 20.1. The summed E-state index contributed by atoms with van der Waals surface area (Å²) in [4.78, 5) is 24.9. The number of likely N-dealkylation sites (tertiary alicyclic amines) is 1. The molecule has 0 saturated carbocycles. The van der Waals surface area contributed by atoms with Crippen molar-refractivity contribution >= 4 is 11.6 Å². The Kier molecular flexibility index (Phi) is 6.20. The monoisotopic (exact) mass is 387 g/mol. The van der Waals surface area contributed by atoms with Gasteiger partial charge in [0, 0.05) is 43.4 Å². The Hall–Kier alpha value is -3.00. The van der Waals surface area contributed by atoms with E-state index in [-0.39, 0.29) is 34.8 Å². The molecule has 2 aromatic carbocycles. The summed E-state index contributed by atoms with van der Waals surface area (Å²) in [7, 11) is 1.44. The van der Waals surface area contributed by atoms with Crippen molar-refractivity contribution in [3.05, 3.63) is 69.5 Å². The van der Waals surface area contributed by atoms with Crippen molar-refractivity contribution in [2.24, 2.45) is 0 Å². The highest BCUT2D eigenvalue weighted by molar-refractivity contribution is 5.95. The Morgan fingerprint density at radius 3 is 2.68 bits per heavy atom. The van der Waals surface area contributed by atoms with Crippen LogP contribution in [0.4, 0.5) is 10.1 Å². The van der Waals surface area contributed by atoms with Gasteiger partial charge in [0.05, 0.1) is 12.0 Å². The van der Waals surface area contributed by atoms with Gasteiger partial charge in [-0.15, -0.1) is 0 Å². The number of rotatable bonds is 6. The molecule has 1 amide bonds. The third-order valence-electron chi connectivity index (χ3n) is 4.86. The van der Waals surface area contributed by atoms with E-state index >= 15 is 0 Å². The van der Waals surface area contributed by atoms with Crippen LogP contribution in [0.15, 0.2) is 42.5 Å². The van der Waals surface area contributed by atoms with Crippen molar-refractivity contribution in [2.45, 2.75) is 25.4 Å². The number of piperidine rings is 1.